The van der Waals surface area contributed by atoms with E-state index in [0.717, 1.165) is 6.07 Å². The van der Waals surface area contributed by atoms with Crippen LogP contribution in [0.4, 0.5) is 10.1 Å². The molecule has 2 N–H and O–H groups in total. The van der Waals surface area contributed by atoms with Gasteiger partial charge in [0, 0.05) is 11.7 Å². The quantitative estimate of drug-likeness (QED) is 0.668. The summed E-state index contributed by atoms with van der Waals surface area (Å²) in [4.78, 5) is 24.5. The monoisotopic (exact) mass is 422 g/mol. The highest BCUT2D eigenvalue weighted by Crippen LogP contribution is 2.16. The fourth-order valence-electron chi connectivity index (χ4n) is 2.37. The molecule has 0 unspecified atom stereocenters. The Kier molecular flexibility index (Phi) is 7.10. The minimum absolute atomic E-state index is 0.0161. The molecule has 0 aromatic heterocycles. The molecule has 0 bridgehead atoms. The number of nitrogens with one attached hydrogen (secondary N) is 2. The van der Waals surface area contributed by atoms with Crippen molar-refractivity contribution in [1.82, 2.24) is 4.72 Å². The molecule has 0 aliphatic heterocycles. The van der Waals surface area contributed by atoms with E-state index in [2.05, 4.69) is 10.0 Å². The first-order valence-electron chi connectivity index (χ1n) is 8.90. The van der Waals surface area contributed by atoms with Crippen LogP contribution in [0.25, 0.3) is 0 Å². The second-order valence-electron chi connectivity index (χ2n) is 6.80. The molecule has 2 rings (SSSR count). The van der Waals surface area contributed by atoms with Gasteiger partial charge in [-0.2, -0.15) is 0 Å². The second kappa shape index (κ2) is 9.15. The van der Waals surface area contributed by atoms with E-state index < -0.39 is 33.8 Å². The number of carbonyl (C=O) groups excluding carboxylic acids is 2. The Morgan fingerprint density at radius 3 is 2.38 bits per heavy atom. The van der Waals surface area contributed by atoms with E-state index in [-0.39, 0.29) is 22.2 Å². The first-order chi connectivity index (χ1) is 13.5. The number of ether oxygens (including phenoxy) is 1. The topological polar surface area (TPSA) is 102 Å². The Morgan fingerprint density at radius 2 is 1.76 bits per heavy atom. The molecule has 0 aliphatic rings. The zero-order valence-electron chi connectivity index (χ0n) is 16.5. The largest absolute Gasteiger partial charge is 0.449 e. The number of hydrogen-bond acceptors (Lipinski definition) is 5. The summed E-state index contributed by atoms with van der Waals surface area (Å²) in [5.74, 6) is -1.98. The summed E-state index contributed by atoms with van der Waals surface area (Å²) in [5.41, 5.74) is 0.649. The lowest BCUT2D eigenvalue weighted by Gasteiger charge is -2.14. The van der Waals surface area contributed by atoms with Crippen molar-refractivity contribution in [2.45, 2.75) is 44.7 Å². The predicted molar refractivity (Wildman–Crippen MR) is 107 cm³/mol. The molecule has 9 heteroatoms. The molecule has 0 saturated heterocycles. The molecule has 29 heavy (non-hydrogen) atoms. The molecule has 2 aromatic rings. The molecular weight excluding hydrogens is 399 g/mol. The average Bonchev–Trinajstić information content (AvgIpc) is 2.63. The summed E-state index contributed by atoms with van der Waals surface area (Å²) >= 11 is 0. The van der Waals surface area contributed by atoms with Crippen LogP contribution in [-0.2, 0) is 19.6 Å². The van der Waals surface area contributed by atoms with Gasteiger partial charge in [0.1, 0.15) is 5.82 Å². The van der Waals surface area contributed by atoms with E-state index in [0.29, 0.717) is 5.56 Å². The summed E-state index contributed by atoms with van der Waals surface area (Å²) in [6.07, 6.45) is -1.18. The summed E-state index contributed by atoms with van der Waals surface area (Å²) in [7, 11) is -3.78. The SMILES string of the molecule is Cc1ccc(NC(=O)[C@H](C)OC(=O)c2cccc(S(=O)(=O)NC(C)C)c2)cc1F. The fraction of sp³-hybridized carbons (Fsp3) is 0.300. The van der Waals surface area contributed by atoms with Gasteiger partial charge >= 0.3 is 5.97 Å². The third-order valence-corrected chi connectivity index (χ3v) is 5.52. The van der Waals surface area contributed by atoms with Gasteiger partial charge in [-0.25, -0.2) is 22.3 Å². The first-order valence-corrected chi connectivity index (χ1v) is 10.4. The fourth-order valence-corrected chi connectivity index (χ4v) is 3.66. The number of rotatable bonds is 7. The van der Waals surface area contributed by atoms with E-state index in [9.17, 15) is 22.4 Å². The van der Waals surface area contributed by atoms with Gasteiger partial charge in [0.25, 0.3) is 5.91 Å². The van der Waals surface area contributed by atoms with Crippen molar-refractivity contribution in [3.63, 3.8) is 0 Å². The number of esters is 1. The third-order valence-electron chi connectivity index (χ3n) is 3.86. The molecule has 156 valence electrons. The van der Waals surface area contributed by atoms with Crippen molar-refractivity contribution in [1.29, 1.82) is 0 Å². The van der Waals surface area contributed by atoms with Crippen LogP contribution in [0.5, 0.6) is 0 Å². The van der Waals surface area contributed by atoms with Crippen molar-refractivity contribution < 1.29 is 27.1 Å². The number of sulfonamides is 1. The second-order valence-corrected chi connectivity index (χ2v) is 8.52. The maximum absolute atomic E-state index is 13.6. The maximum Gasteiger partial charge on any atom is 0.338 e. The Bertz CT molecular complexity index is 1020. The van der Waals surface area contributed by atoms with E-state index in [1.54, 1.807) is 20.8 Å². The van der Waals surface area contributed by atoms with Crippen molar-refractivity contribution >= 4 is 27.6 Å². The van der Waals surface area contributed by atoms with Crippen molar-refractivity contribution in [3.05, 3.63) is 59.4 Å². The highest BCUT2D eigenvalue weighted by atomic mass is 32.2. The Hall–Kier alpha value is -2.78. The molecule has 0 heterocycles. The first kappa shape index (κ1) is 22.5. The van der Waals surface area contributed by atoms with Gasteiger partial charge in [0.05, 0.1) is 10.5 Å². The number of amides is 1. The zero-order chi connectivity index (χ0) is 21.8. The van der Waals surface area contributed by atoms with E-state index in [1.165, 1.54) is 43.3 Å². The van der Waals surface area contributed by atoms with E-state index >= 15 is 0 Å². The number of hydrogen-bond donors (Lipinski definition) is 2. The van der Waals surface area contributed by atoms with Crippen LogP contribution in [0.1, 0.15) is 36.7 Å². The van der Waals surface area contributed by atoms with Gasteiger partial charge in [-0.3, -0.25) is 4.79 Å². The molecule has 0 saturated carbocycles. The number of halogens is 1. The third kappa shape index (κ3) is 6.10. The van der Waals surface area contributed by atoms with Crippen LogP contribution in [0, 0.1) is 12.7 Å². The number of benzene rings is 2. The maximum atomic E-state index is 13.6. The molecular formula is C20H23FN2O5S. The average molecular weight is 422 g/mol. The smallest absolute Gasteiger partial charge is 0.338 e. The van der Waals surface area contributed by atoms with Crippen LogP contribution < -0.4 is 10.0 Å². The van der Waals surface area contributed by atoms with Gasteiger partial charge in [-0.1, -0.05) is 12.1 Å². The lowest BCUT2D eigenvalue weighted by atomic mass is 10.2. The lowest BCUT2D eigenvalue weighted by molar-refractivity contribution is -0.123. The molecule has 7 nitrogen and oxygen atoms in total. The minimum Gasteiger partial charge on any atom is -0.449 e. The molecule has 0 fully saturated rings. The summed E-state index contributed by atoms with van der Waals surface area (Å²) in [5, 5.41) is 2.46. The minimum atomic E-state index is -3.78. The normalized spacial score (nSPS) is 12.5. The van der Waals surface area contributed by atoms with Crippen LogP contribution in [-0.4, -0.2) is 32.4 Å². The van der Waals surface area contributed by atoms with Gasteiger partial charge in [0.2, 0.25) is 10.0 Å². The van der Waals surface area contributed by atoms with Crippen molar-refractivity contribution in [2.24, 2.45) is 0 Å². The Labute approximate surface area is 169 Å². The van der Waals surface area contributed by atoms with Crippen molar-refractivity contribution in [2.75, 3.05) is 5.32 Å². The van der Waals surface area contributed by atoms with Crippen molar-refractivity contribution in [3.8, 4) is 0 Å². The van der Waals surface area contributed by atoms with Gasteiger partial charge < -0.3 is 10.1 Å². The Balaban J connectivity index is 2.08. The molecule has 1 amide bonds. The van der Waals surface area contributed by atoms with Gasteiger partial charge in [0.15, 0.2) is 6.10 Å². The van der Waals surface area contributed by atoms with E-state index in [1.807, 2.05) is 0 Å². The summed E-state index contributed by atoms with van der Waals surface area (Å²) in [6.45, 7) is 6.31. The molecule has 1 atom stereocenters. The summed E-state index contributed by atoms with van der Waals surface area (Å²) in [6, 6.07) is 9.21. The highest BCUT2D eigenvalue weighted by Gasteiger charge is 2.22. The molecule has 0 spiro atoms. The van der Waals surface area contributed by atoms with E-state index in [4.69, 9.17) is 4.74 Å². The Morgan fingerprint density at radius 1 is 1.07 bits per heavy atom. The standard InChI is InChI=1S/C20H23FN2O5S/c1-12(2)23-29(26,27)17-7-5-6-15(10-17)20(25)28-14(4)19(24)22-16-9-8-13(3)18(21)11-16/h5-12,14,23H,1-4H3,(H,22,24)/t14-/m0/s1. The van der Waals surface area contributed by atoms with Crippen LogP contribution in [0.2, 0.25) is 0 Å². The van der Waals surface area contributed by atoms with Crippen LogP contribution >= 0.6 is 0 Å². The molecule has 0 radical (unpaired) electrons. The zero-order valence-corrected chi connectivity index (χ0v) is 17.3. The van der Waals surface area contributed by atoms with Gasteiger partial charge in [-0.15, -0.1) is 0 Å². The molecule has 2 aromatic carbocycles. The summed E-state index contributed by atoms with van der Waals surface area (Å²) < 4.78 is 45.6. The molecule has 0 aliphatic carbocycles. The number of aryl methyl sites for hydroxylation is 1. The highest BCUT2D eigenvalue weighted by molar-refractivity contribution is 7.89. The van der Waals surface area contributed by atoms with Crippen LogP contribution in [0.15, 0.2) is 47.4 Å². The number of carbonyl (C=O) groups is 2. The predicted octanol–water partition coefficient (Wildman–Crippen LogP) is 3.00. The van der Waals surface area contributed by atoms with Crippen LogP contribution in [0.3, 0.4) is 0 Å². The number of anilines is 1. The lowest BCUT2D eigenvalue weighted by Crippen LogP contribution is -2.31. The van der Waals surface area contributed by atoms with Gasteiger partial charge in [-0.05, 0) is 63.6 Å².